The SMILES string of the molecule is COC(=O)c1ccc(NC(=O)CCN2C(=O)c3cccc4cccc(c34)C2=O)cc1. The zero-order chi connectivity index (χ0) is 21.3. The highest BCUT2D eigenvalue weighted by atomic mass is 16.5. The van der Waals surface area contributed by atoms with Crippen molar-refractivity contribution in [3.05, 3.63) is 77.4 Å². The van der Waals surface area contributed by atoms with Crippen LogP contribution in [0.2, 0.25) is 0 Å². The van der Waals surface area contributed by atoms with Crippen LogP contribution in [0.15, 0.2) is 60.7 Å². The van der Waals surface area contributed by atoms with E-state index in [1.807, 2.05) is 12.1 Å². The number of esters is 1. The van der Waals surface area contributed by atoms with Gasteiger partial charge in [-0.1, -0.05) is 24.3 Å². The fourth-order valence-electron chi connectivity index (χ4n) is 3.53. The van der Waals surface area contributed by atoms with E-state index in [1.165, 1.54) is 19.2 Å². The Labute approximate surface area is 172 Å². The summed E-state index contributed by atoms with van der Waals surface area (Å²) in [6.07, 6.45) is -0.0472. The molecule has 1 heterocycles. The molecule has 0 aliphatic carbocycles. The van der Waals surface area contributed by atoms with E-state index in [2.05, 4.69) is 10.1 Å². The molecule has 150 valence electrons. The Bertz CT molecular complexity index is 1130. The highest BCUT2D eigenvalue weighted by molar-refractivity contribution is 6.25. The molecular weight excluding hydrogens is 384 g/mol. The Kier molecular flexibility index (Phi) is 5.02. The van der Waals surface area contributed by atoms with Crippen LogP contribution in [0, 0.1) is 0 Å². The molecule has 1 aliphatic heterocycles. The van der Waals surface area contributed by atoms with E-state index < -0.39 is 17.8 Å². The molecule has 0 radical (unpaired) electrons. The molecule has 0 atom stereocenters. The first-order chi connectivity index (χ1) is 14.5. The molecule has 1 aliphatic rings. The molecule has 1 N–H and O–H groups in total. The maximum atomic E-state index is 12.8. The number of nitrogens with one attached hydrogen (secondary N) is 1. The van der Waals surface area contributed by atoms with Gasteiger partial charge in [0.15, 0.2) is 0 Å². The molecule has 0 aromatic heterocycles. The molecular formula is C23H18N2O5. The maximum absolute atomic E-state index is 12.8. The molecule has 3 aromatic rings. The largest absolute Gasteiger partial charge is 0.465 e. The van der Waals surface area contributed by atoms with Crippen LogP contribution in [0.25, 0.3) is 10.8 Å². The van der Waals surface area contributed by atoms with Crippen LogP contribution in [0.3, 0.4) is 0 Å². The molecule has 3 amide bonds. The smallest absolute Gasteiger partial charge is 0.337 e. The topological polar surface area (TPSA) is 92.8 Å². The van der Waals surface area contributed by atoms with Gasteiger partial charge >= 0.3 is 5.97 Å². The minimum atomic E-state index is -0.467. The summed E-state index contributed by atoms with van der Waals surface area (Å²) in [5.74, 6) is -1.62. The molecule has 4 rings (SSSR count). The van der Waals surface area contributed by atoms with E-state index in [-0.39, 0.29) is 18.9 Å². The lowest BCUT2D eigenvalue weighted by Crippen LogP contribution is -2.41. The Morgan fingerprint density at radius 2 is 1.50 bits per heavy atom. The number of amides is 3. The van der Waals surface area contributed by atoms with Crippen LogP contribution >= 0.6 is 0 Å². The van der Waals surface area contributed by atoms with Gasteiger partial charge in [0.1, 0.15) is 0 Å². The zero-order valence-corrected chi connectivity index (χ0v) is 16.2. The van der Waals surface area contributed by atoms with E-state index in [9.17, 15) is 19.2 Å². The normalized spacial score (nSPS) is 12.8. The summed E-state index contributed by atoms with van der Waals surface area (Å²) in [6, 6.07) is 16.9. The molecule has 3 aromatic carbocycles. The molecule has 30 heavy (non-hydrogen) atoms. The van der Waals surface area contributed by atoms with Crippen molar-refractivity contribution in [3.63, 3.8) is 0 Å². The summed E-state index contributed by atoms with van der Waals surface area (Å²) in [6.45, 7) is -0.0333. The van der Waals surface area contributed by atoms with Crippen LogP contribution in [0.5, 0.6) is 0 Å². The molecule has 7 nitrogen and oxygen atoms in total. The van der Waals surface area contributed by atoms with E-state index >= 15 is 0 Å². The molecule has 0 spiro atoms. The molecule has 7 heteroatoms. The van der Waals surface area contributed by atoms with Gasteiger partial charge in [0.25, 0.3) is 11.8 Å². The van der Waals surface area contributed by atoms with E-state index in [0.717, 1.165) is 10.3 Å². The first-order valence-corrected chi connectivity index (χ1v) is 9.36. The van der Waals surface area contributed by atoms with Crippen LogP contribution < -0.4 is 5.32 Å². The first kappa shape index (κ1) is 19.3. The summed E-state index contributed by atoms with van der Waals surface area (Å²) >= 11 is 0. The number of methoxy groups -OCH3 is 1. The Balaban J connectivity index is 1.45. The lowest BCUT2D eigenvalue weighted by molar-refractivity contribution is -0.116. The summed E-state index contributed by atoms with van der Waals surface area (Å²) in [7, 11) is 1.29. The number of benzene rings is 3. The first-order valence-electron chi connectivity index (χ1n) is 9.36. The zero-order valence-electron chi connectivity index (χ0n) is 16.2. The number of carbonyl (C=O) groups excluding carboxylic acids is 4. The summed E-state index contributed by atoms with van der Waals surface area (Å²) < 4.78 is 4.63. The van der Waals surface area contributed by atoms with Gasteiger partial charge in [-0.2, -0.15) is 0 Å². The number of carbonyl (C=O) groups is 4. The van der Waals surface area contributed by atoms with Crippen molar-refractivity contribution >= 4 is 40.2 Å². The number of ether oxygens (including phenoxy) is 1. The number of hydrogen-bond acceptors (Lipinski definition) is 5. The summed E-state index contributed by atoms with van der Waals surface area (Å²) in [4.78, 5) is 50.6. The molecule has 0 unspecified atom stereocenters. The predicted molar refractivity (Wildman–Crippen MR) is 110 cm³/mol. The average Bonchev–Trinajstić information content (AvgIpc) is 2.77. The Morgan fingerprint density at radius 3 is 2.07 bits per heavy atom. The second-order valence-electron chi connectivity index (χ2n) is 6.84. The molecule has 0 fully saturated rings. The highest BCUT2D eigenvalue weighted by Gasteiger charge is 2.32. The van der Waals surface area contributed by atoms with Crippen LogP contribution in [0.4, 0.5) is 5.69 Å². The highest BCUT2D eigenvalue weighted by Crippen LogP contribution is 2.30. The fraction of sp³-hybridized carbons (Fsp3) is 0.130. The van der Waals surface area contributed by atoms with Crippen molar-refractivity contribution in [2.45, 2.75) is 6.42 Å². The van der Waals surface area contributed by atoms with Crippen molar-refractivity contribution < 1.29 is 23.9 Å². The molecule has 0 saturated heterocycles. The van der Waals surface area contributed by atoms with Crippen molar-refractivity contribution in [3.8, 4) is 0 Å². The second-order valence-corrected chi connectivity index (χ2v) is 6.84. The van der Waals surface area contributed by atoms with E-state index in [4.69, 9.17) is 0 Å². The van der Waals surface area contributed by atoms with Crippen LogP contribution in [-0.4, -0.2) is 42.2 Å². The minimum Gasteiger partial charge on any atom is -0.465 e. The van der Waals surface area contributed by atoms with Crippen LogP contribution in [0.1, 0.15) is 37.5 Å². The van der Waals surface area contributed by atoms with Gasteiger partial charge in [0.2, 0.25) is 5.91 Å². The van der Waals surface area contributed by atoms with Gasteiger partial charge in [-0.05, 0) is 41.8 Å². The standard InChI is InChI=1S/C23H18N2O5/c1-30-23(29)15-8-10-16(11-9-15)24-19(26)12-13-25-21(27)17-6-2-4-14-5-3-7-18(20(14)17)22(25)28/h2-11H,12-13H2,1H3,(H,24,26). The average molecular weight is 402 g/mol. The monoisotopic (exact) mass is 402 g/mol. The third-order valence-electron chi connectivity index (χ3n) is 5.01. The lowest BCUT2D eigenvalue weighted by atomic mass is 9.94. The van der Waals surface area contributed by atoms with Gasteiger partial charge in [0.05, 0.1) is 12.7 Å². The number of hydrogen-bond donors (Lipinski definition) is 1. The lowest BCUT2D eigenvalue weighted by Gasteiger charge is -2.27. The number of rotatable bonds is 5. The molecule has 0 saturated carbocycles. The Morgan fingerprint density at radius 1 is 0.900 bits per heavy atom. The van der Waals surface area contributed by atoms with Gasteiger partial charge in [-0.3, -0.25) is 19.3 Å². The summed E-state index contributed by atoms with van der Waals surface area (Å²) in [5, 5.41) is 4.18. The minimum absolute atomic E-state index is 0.0333. The predicted octanol–water partition coefficient (Wildman–Crippen LogP) is 3.25. The fourth-order valence-corrected chi connectivity index (χ4v) is 3.53. The Hall–Kier alpha value is -4.00. The van der Waals surface area contributed by atoms with Crippen LogP contribution in [-0.2, 0) is 9.53 Å². The van der Waals surface area contributed by atoms with Crippen molar-refractivity contribution in [2.75, 3.05) is 19.0 Å². The maximum Gasteiger partial charge on any atom is 0.337 e. The molecule has 0 bridgehead atoms. The second kappa shape index (κ2) is 7.79. The number of nitrogens with zero attached hydrogens (tertiary/aromatic N) is 1. The van der Waals surface area contributed by atoms with Gasteiger partial charge in [-0.15, -0.1) is 0 Å². The number of imide groups is 1. The third-order valence-corrected chi connectivity index (χ3v) is 5.01. The third kappa shape index (κ3) is 3.41. The summed E-state index contributed by atoms with van der Waals surface area (Å²) in [5.41, 5.74) is 1.79. The van der Waals surface area contributed by atoms with Crippen molar-refractivity contribution in [1.29, 1.82) is 0 Å². The van der Waals surface area contributed by atoms with Gasteiger partial charge < -0.3 is 10.1 Å². The van der Waals surface area contributed by atoms with E-state index in [0.29, 0.717) is 27.8 Å². The van der Waals surface area contributed by atoms with Crippen molar-refractivity contribution in [1.82, 2.24) is 4.90 Å². The van der Waals surface area contributed by atoms with Crippen molar-refractivity contribution in [2.24, 2.45) is 0 Å². The quantitative estimate of drug-likeness (QED) is 0.522. The van der Waals surface area contributed by atoms with E-state index in [1.54, 1.807) is 36.4 Å². The van der Waals surface area contributed by atoms with Gasteiger partial charge in [0, 0.05) is 35.2 Å². The number of anilines is 1. The van der Waals surface area contributed by atoms with Gasteiger partial charge in [-0.25, -0.2) is 4.79 Å².